The van der Waals surface area contributed by atoms with Crippen LogP contribution in [0.2, 0.25) is 0 Å². The number of nitrogens with one attached hydrogen (secondary N) is 1. The zero-order valence-corrected chi connectivity index (χ0v) is 15.2. The molecule has 1 N–H and O–H groups in total. The lowest BCUT2D eigenvalue weighted by atomic mass is 9.96. The molecule has 0 bridgehead atoms. The smallest absolute Gasteiger partial charge is 0.249 e. The highest BCUT2D eigenvalue weighted by Gasteiger charge is 2.20. The molecule has 3 aromatic rings. The van der Waals surface area contributed by atoms with Crippen molar-refractivity contribution in [3.05, 3.63) is 36.2 Å². The van der Waals surface area contributed by atoms with Crippen LogP contribution in [-0.4, -0.2) is 40.9 Å². The van der Waals surface area contributed by atoms with Crippen LogP contribution in [0.1, 0.15) is 43.8 Å². The van der Waals surface area contributed by atoms with Crippen LogP contribution in [0.15, 0.2) is 30.5 Å². The third kappa shape index (κ3) is 4.02. The van der Waals surface area contributed by atoms with E-state index in [2.05, 4.69) is 30.8 Å². The van der Waals surface area contributed by atoms with E-state index in [1.807, 2.05) is 29.8 Å². The minimum atomic E-state index is -0.211. The van der Waals surface area contributed by atoms with Gasteiger partial charge in [0.2, 0.25) is 11.7 Å². The van der Waals surface area contributed by atoms with Gasteiger partial charge in [0.1, 0.15) is 18.1 Å². The van der Waals surface area contributed by atoms with Gasteiger partial charge in [-0.05, 0) is 37.1 Å². The summed E-state index contributed by atoms with van der Waals surface area (Å²) in [5, 5.41) is 19.7. The van der Waals surface area contributed by atoms with E-state index >= 15 is 0 Å². The van der Waals surface area contributed by atoms with Gasteiger partial charge in [-0.2, -0.15) is 9.90 Å². The van der Waals surface area contributed by atoms with E-state index in [4.69, 9.17) is 0 Å². The molecule has 0 unspecified atom stereocenters. The average molecular weight is 366 g/mol. The summed E-state index contributed by atoms with van der Waals surface area (Å²) < 4.78 is 1.96. The summed E-state index contributed by atoms with van der Waals surface area (Å²) in [6.45, 7) is 1.92. The molecule has 0 spiro atoms. The molecule has 3 heterocycles. The van der Waals surface area contributed by atoms with Crippen LogP contribution in [0, 0.1) is 6.92 Å². The lowest BCUT2D eigenvalue weighted by Crippen LogP contribution is -2.24. The molecule has 1 aliphatic carbocycles. The zero-order valence-electron chi connectivity index (χ0n) is 15.2. The Morgan fingerprint density at radius 3 is 2.85 bits per heavy atom. The Morgan fingerprint density at radius 2 is 2.07 bits per heavy atom. The molecule has 0 aliphatic heterocycles. The molecule has 4 rings (SSSR count). The molecule has 0 radical (unpaired) electrons. The summed E-state index contributed by atoms with van der Waals surface area (Å²) in [5.41, 5.74) is 1.52. The Hall–Kier alpha value is -3.10. The molecule has 1 aliphatic rings. The number of pyridine rings is 1. The molecule has 1 fully saturated rings. The molecule has 0 saturated heterocycles. The van der Waals surface area contributed by atoms with Crippen molar-refractivity contribution in [1.82, 2.24) is 35.0 Å². The maximum Gasteiger partial charge on any atom is 0.249 e. The first kappa shape index (κ1) is 17.3. The van der Waals surface area contributed by atoms with Gasteiger partial charge >= 0.3 is 0 Å². The number of nitrogens with zero attached hydrogens (tertiary/aromatic N) is 7. The lowest BCUT2D eigenvalue weighted by Gasteiger charge is -2.23. The standard InChI is InChI=1S/C18H22N8O/c1-13-11-16(26(22-13)14-7-3-2-4-8-14)20-17(27)12-25-23-18(21-24-25)15-9-5-6-10-19-15/h5-6,9-11,14H,2-4,7-8,12H2,1H3,(H,20,27). The minimum absolute atomic E-state index is 0.0191. The van der Waals surface area contributed by atoms with Crippen molar-refractivity contribution in [1.29, 1.82) is 0 Å². The zero-order chi connectivity index (χ0) is 18.6. The molecule has 0 atom stereocenters. The molecule has 140 valence electrons. The van der Waals surface area contributed by atoms with Crippen LogP contribution in [0.3, 0.4) is 0 Å². The van der Waals surface area contributed by atoms with Gasteiger partial charge < -0.3 is 5.32 Å². The minimum Gasteiger partial charge on any atom is -0.309 e. The van der Waals surface area contributed by atoms with Crippen molar-refractivity contribution >= 4 is 11.7 Å². The van der Waals surface area contributed by atoms with Crippen molar-refractivity contribution in [3.63, 3.8) is 0 Å². The molecule has 9 heteroatoms. The van der Waals surface area contributed by atoms with E-state index < -0.39 is 0 Å². The first-order valence-electron chi connectivity index (χ1n) is 9.24. The number of carbonyl (C=O) groups is 1. The molecular formula is C18H22N8O. The van der Waals surface area contributed by atoms with E-state index in [-0.39, 0.29) is 12.5 Å². The Morgan fingerprint density at radius 1 is 1.22 bits per heavy atom. The molecule has 1 saturated carbocycles. The molecule has 27 heavy (non-hydrogen) atoms. The summed E-state index contributed by atoms with van der Waals surface area (Å²) in [6.07, 6.45) is 7.54. The summed E-state index contributed by atoms with van der Waals surface area (Å²) in [5.74, 6) is 0.915. The number of rotatable bonds is 5. The van der Waals surface area contributed by atoms with Crippen LogP contribution in [-0.2, 0) is 11.3 Å². The summed E-state index contributed by atoms with van der Waals surface area (Å²) in [6, 6.07) is 7.72. The Labute approximate surface area is 156 Å². The molecular weight excluding hydrogens is 344 g/mol. The van der Waals surface area contributed by atoms with Crippen molar-refractivity contribution in [2.45, 2.75) is 51.6 Å². The van der Waals surface area contributed by atoms with Crippen LogP contribution in [0.5, 0.6) is 0 Å². The van der Waals surface area contributed by atoms with E-state index in [1.165, 1.54) is 24.1 Å². The average Bonchev–Trinajstić information content (AvgIpc) is 3.29. The fourth-order valence-electron chi connectivity index (χ4n) is 3.43. The molecule has 3 aromatic heterocycles. The maximum absolute atomic E-state index is 12.5. The second-order valence-electron chi connectivity index (χ2n) is 6.81. The number of hydrogen-bond donors (Lipinski definition) is 1. The van der Waals surface area contributed by atoms with Gasteiger partial charge in [-0.15, -0.1) is 10.2 Å². The third-order valence-electron chi connectivity index (χ3n) is 4.68. The van der Waals surface area contributed by atoms with Gasteiger partial charge in [0.05, 0.1) is 11.7 Å². The highest BCUT2D eigenvalue weighted by atomic mass is 16.2. The maximum atomic E-state index is 12.5. The van der Waals surface area contributed by atoms with Gasteiger partial charge in [-0.3, -0.25) is 9.78 Å². The lowest BCUT2D eigenvalue weighted by molar-refractivity contribution is -0.117. The Kier molecular flexibility index (Phi) is 4.91. The largest absolute Gasteiger partial charge is 0.309 e. The molecule has 9 nitrogen and oxygen atoms in total. The highest BCUT2D eigenvalue weighted by molar-refractivity contribution is 5.89. The fourth-order valence-corrected chi connectivity index (χ4v) is 3.43. The van der Waals surface area contributed by atoms with Crippen molar-refractivity contribution in [2.75, 3.05) is 5.32 Å². The van der Waals surface area contributed by atoms with E-state index in [9.17, 15) is 4.79 Å². The van der Waals surface area contributed by atoms with Crippen molar-refractivity contribution in [2.24, 2.45) is 0 Å². The van der Waals surface area contributed by atoms with Gasteiger partial charge in [0.15, 0.2) is 0 Å². The van der Waals surface area contributed by atoms with Crippen LogP contribution >= 0.6 is 0 Å². The predicted molar refractivity (Wildman–Crippen MR) is 98.8 cm³/mol. The normalized spacial score (nSPS) is 15.0. The monoisotopic (exact) mass is 366 g/mol. The van der Waals surface area contributed by atoms with E-state index in [0.717, 1.165) is 24.4 Å². The summed E-state index contributed by atoms with van der Waals surface area (Å²) in [4.78, 5) is 17.9. The molecule has 0 aromatic carbocycles. The quantitative estimate of drug-likeness (QED) is 0.743. The van der Waals surface area contributed by atoms with Crippen molar-refractivity contribution < 1.29 is 4.79 Å². The number of aryl methyl sites for hydroxylation is 1. The Bertz CT molecular complexity index is 911. The second-order valence-corrected chi connectivity index (χ2v) is 6.81. The number of aromatic nitrogens is 7. The summed E-state index contributed by atoms with van der Waals surface area (Å²) >= 11 is 0. The van der Waals surface area contributed by atoms with Crippen molar-refractivity contribution in [3.8, 4) is 11.5 Å². The second kappa shape index (κ2) is 7.65. The predicted octanol–water partition coefficient (Wildman–Crippen LogP) is 2.38. The van der Waals surface area contributed by atoms with Gasteiger partial charge in [0, 0.05) is 12.3 Å². The third-order valence-corrected chi connectivity index (χ3v) is 4.68. The van der Waals surface area contributed by atoms with Crippen LogP contribution < -0.4 is 5.32 Å². The SMILES string of the molecule is Cc1cc(NC(=O)Cn2nnc(-c3ccccn3)n2)n(C2CCCCC2)n1. The van der Waals surface area contributed by atoms with Gasteiger partial charge in [0.25, 0.3) is 0 Å². The van der Waals surface area contributed by atoms with E-state index in [0.29, 0.717) is 17.6 Å². The molecule has 1 amide bonds. The summed E-state index contributed by atoms with van der Waals surface area (Å²) in [7, 11) is 0. The number of tetrazole rings is 1. The van der Waals surface area contributed by atoms with Gasteiger partial charge in [-0.1, -0.05) is 25.3 Å². The number of amides is 1. The Balaban J connectivity index is 1.44. The first-order chi connectivity index (χ1) is 13.2. The van der Waals surface area contributed by atoms with Crippen LogP contribution in [0.25, 0.3) is 11.5 Å². The number of hydrogen-bond acceptors (Lipinski definition) is 6. The number of anilines is 1. The fraction of sp³-hybridized carbons (Fsp3) is 0.444. The highest BCUT2D eigenvalue weighted by Crippen LogP contribution is 2.30. The first-order valence-corrected chi connectivity index (χ1v) is 9.24. The van der Waals surface area contributed by atoms with Gasteiger partial charge in [-0.25, -0.2) is 4.68 Å². The number of carbonyl (C=O) groups excluding carboxylic acids is 1. The topological polar surface area (TPSA) is 103 Å². The van der Waals surface area contributed by atoms with E-state index in [1.54, 1.807) is 12.3 Å². The van der Waals surface area contributed by atoms with Crippen LogP contribution in [0.4, 0.5) is 5.82 Å².